The summed E-state index contributed by atoms with van der Waals surface area (Å²) in [5.41, 5.74) is 1.24. The Bertz CT molecular complexity index is 311. The number of hydrogen-bond donors (Lipinski definition) is 1. The number of nitrogens with one attached hydrogen (secondary N) is 1. The lowest BCUT2D eigenvalue weighted by Crippen LogP contribution is -2.50. The van der Waals surface area contributed by atoms with Crippen LogP contribution in [0.25, 0.3) is 0 Å². The van der Waals surface area contributed by atoms with Crippen LogP contribution in [0.3, 0.4) is 0 Å². The molecule has 0 aliphatic carbocycles. The average Bonchev–Trinajstić information content (AvgIpc) is 2.69. The molecule has 1 unspecified atom stereocenters. The number of aromatic nitrogens is 1. The van der Waals surface area contributed by atoms with E-state index in [1.54, 1.807) is 11.3 Å². The van der Waals surface area contributed by atoms with E-state index in [1.807, 2.05) is 0 Å². The van der Waals surface area contributed by atoms with Gasteiger partial charge in [-0.25, -0.2) is 4.98 Å². The van der Waals surface area contributed by atoms with Gasteiger partial charge in [0.05, 0.1) is 10.7 Å². The normalized spacial score (nSPS) is 23.2. The molecule has 1 aliphatic rings. The molecule has 1 N–H and O–H groups in total. The van der Waals surface area contributed by atoms with Crippen molar-refractivity contribution in [3.05, 3.63) is 16.1 Å². The first kappa shape index (κ1) is 11.0. The number of rotatable bonds is 3. The second-order valence-electron chi connectivity index (χ2n) is 4.13. The number of hydrogen-bond acceptors (Lipinski definition) is 4. The lowest BCUT2D eigenvalue weighted by Gasteiger charge is -2.32. The first-order chi connectivity index (χ1) is 7.29. The summed E-state index contributed by atoms with van der Waals surface area (Å²) < 4.78 is 0. The van der Waals surface area contributed by atoms with Crippen molar-refractivity contribution in [2.75, 3.05) is 26.7 Å². The second-order valence-corrected chi connectivity index (χ2v) is 5.07. The lowest BCUT2D eigenvalue weighted by atomic mass is 10.1. The van der Waals surface area contributed by atoms with E-state index in [0.717, 1.165) is 32.5 Å². The Hall–Kier alpha value is -0.450. The van der Waals surface area contributed by atoms with E-state index in [1.165, 1.54) is 10.7 Å². The van der Waals surface area contributed by atoms with E-state index in [9.17, 15) is 0 Å². The number of piperazine rings is 1. The third-order valence-corrected chi connectivity index (χ3v) is 3.94. The maximum absolute atomic E-state index is 4.62. The van der Waals surface area contributed by atoms with Crippen molar-refractivity contribution in [1.29, 1.82) is 0 Å². The molecule has 0 amide bonds. The van der Waals surface area contributed by atoms with Crippen molar-refractivity contribution >= 4 is 11.3 Å². The van der Waals surface area contributed by atoms with Crippen LogP contribution in [0.1, 0.15) is 17.6 Å². The summed E-state index contributed by atoms with van der Waals surface area (Å²) in [5, 5.41) is 6.91. The maximum atomic E-state index is 4.62. The molecule has 2 heterocycles. The van der Waals surface area contributed by atoms with Gasteiger partial charge in [-0.1, -0.05) is 6.92 Å². The highest BCUT2D eigenvalue weighted by molar-refractivity contribution is 7.09. The molecule has 0 saturated carbocycles. The van der Waals surface area contributed by atoms with Crippen molar-refractivity contribution < 1.29 is 0 Å². The number of thiazole rings is 1. The van der Waals surface area contributed by atoms with E-state index >= 15 is 0 Å². The molecule has 1 aromatic heterocycles. The summed E-state index contributed by atoms with van der Waals surface area (Å²) in [7, 11) is 2.21. The van der Waals surface area contributed by atoms with Crippen molar-refractivity contribution in [2.24, 2.45) is 0 Å². The zero-order valence-electron chi connectivity index (χ0n) is 9.49. The minimum atomic E-state index is 0.620. The van der Waals surface area contributed by atoms with Crippen LogP contribution in [-0.2, 0) is 12.8 Å². The van der Waals surface area contributed by atoms with Crippen LogP contribution in [0.15, 0.2) is 5.38 Å². The fourth-order valence-corrected chi connectivity index (χ4v) is 2.85. The van der Waals surface area contributed by atoms with Crippen LogP contribution >= 0.6 is 11.3 Å². The highest BCUT2D eigenvalue weighted by Crippen LogP contribution is 2.14. The molecule has 0 radical (unpaired) electrons. The lowest BCUT2D eigenvalue weighted by molar-refractivity contribution is 0.199. The first-order valence-corrected chi connectivity index (χ1v) is 6.51. The molecular weight excluding hydrogens is 206 g/mol. The zero-order valence-corrected chi connectivity index (χ0v) is 10.3. The molecule has 84 valence electrons. The van der Waals surface area contributed by atoms with Crippen LogP contribution in [0.4, 0.5) is 0 Å². The summed E-state index contributed by atoms with van der Waals surface area (Å²) >= 11 is 1.80. The van der Waals surface area contributed by atoms with Gasteiger partial charge in [0.1, 0.15) is 0 Å². The average molecular weight is 225 g/mol. The van der Waals surface area contributed by atoms with Crippen molar-refractivity contribution in [3.8, 4) is 0 Å². The Balaban J connectivity index is 1.95. The summed E-state index contributed by atoms with van der Waals surface area (Å²) in [5.74, 6) is 0. The van der Waals surface area contributed by atoms with Crippen LogP contribution in [0.2, 0.25) is 0 Å². The molecule has 1 atom stereocenters. The van der Waals surface area contributed by atoms with Crippen LogP contribution < -0.4 is 5.32 Å². The summed E-state index contributed by atoms with van der Waals surface area (Å²) in [6, 6.07) is 0.620. The van der Waals surface area contributed by atoms with Gasteiger partial charge >= 0.3 is 0 Å². The van der Waals surface area contributed by atoms with Crippen LogP contribution in [0, 0.1) is 0 Å². The van der Waals surface area contributed by atoms with Gasteiger partial charge in [-0.05, 0) is 13.5 Å². The molecule has 4 heteroatoms. The molecule has 1 aromatic rings. The van der Waals surface area contributed by atoms with E-state index in [4.69, 9.17) is 0 Å². The van der Waals surface area contributed by atoms with Gasteiger partial charge in [0.25, 0.3) is 0 Å². The fraction of sp³-hybridized carbons (Fsp3) is 0.727. The number of nitrogens with zero attached hydrogens (tertiary/aromatic N) is 2. The SMILES string of the molecule is CCc1csc(CC2CNCCN2C)n1. The Kier molecular flexibility index (Phi) is 3.72. The summed E-state index contributed by atoms with van der Waals surface area (Å²) in [6.07, 6.45) is 2.14. The largest absolute Gasteiger partial charge is 0.314 e. The zero-order chi connectivity index (χ0) is 10.7. The highest BCUT2D eigenvalue weighted by Gasteiger charge is 2.19. The maximum Gasteiger partial charge on any atom is 0.0944 e. The Morgan fingerprint density at radius 3 is 3.20 bits per heavy atom. The highest BCUT2D eigenvalue weighted by atomic mass is 32.1. The third-order valence-electron chi connectivity index (χ3n) is 3.02. The molecular formula is C11H19N3S. The minimum absolute atomic E-state index is 0.620. The van der Waals surface area contributed by atoms with Gasteiger partial charge in [0, 0.05) is 37.5 Å². The Labute approximate surface area is 95.5 Å². The second kappa shape index (κ2) is 5.05. The van der Waals surface area contributed by atoms with Gasteiger partial charge in [0.2, 0.25) is 0 Å². The van der Waals surface area contributed by atoms with Gasteiger partial charge in [0.15, 0.2) is 0 Å². The summed E-state index contributed by atoms with van der Waals surface area (Å²) in [4.78, 5) is 7.06. The van der Waals surface area contributed by atoms with Gasteiger partial charge in [-0.3, -0.25) is 0 Å². The van der Waals surface area contributed by atoms with Crippen molar-refractivity contribution in [1.82, 2.24) is 15.2 Å². The fourth-order valence-electron chi connectivity index (χ4n) is 1.90. The monoisotopic (exact) mass is 225 g/mol. The topological polar surface area (TPSA) is 28.2 Å². The first-order valence-electron chi connectivity index (χ1n) is 5.64. The third kappa shape index (κ3) is 2.77. The number of likely N-dealkylation sites (N-methyl/N-ethyl adjacent to an activating group) is 1. The van der Waals surface area contributed by atoms with Crippen molar-refractivity contribution in [3.63, 3.8) is 0 Å². The predicted molar refractivity (Wildman–Crippen MR) is 64.5 cm³/mol. The van der Waals surface area contributed by atoms with Crippen LogP contribution in [-0.4, -0.2) is 42.6 Å². The summed E-state index contributed by atoms with van der Waals surface area (Å²) in [6.45, 7) is 5.52. The predicted octanol–water partition coefficient (Wildman–Crippen LogP) is 1.15. The van der Waals surface area contributed by atoms with E-state index in [2.05, 4.69) is 34.6 Å². The molecule has 1 saturated heterocycles. The smallest absolute Gasteiger partial charge is 0.0944 e. The van der Waals surface area contributed by atoms with E-state index in [-0.39, 0.29) is 0 Å². The standard InChI is InChI=1S/C11H19N3S/c1-3-9-8-15-11(13-9)6-10-7-12-4-5-14(10)2/h8,10,12H,3-7H2,1-2H3. The molecule has 0 bridgehead atoms. The van der Waals surface area contributed by atoms with Crippen LogP contribution in [0.5, 0.6) is 0 Å². The van der Waals surface area contributed by atoms with E-state index < -0.39 is 0 Å². The Morgan fingerprint density at radius 2 is 2.53 bits per heavy atom. The molecule has 2 rings (SSSR count). The quantitative estimate of drug-likeness (QED) is 0.836. The van der Waals surface area contributed by atoms with Gasteiger partial charge in [-0.15, -0.1) is 11.3 Å². The van der Waals surface area contributed by atoms with E-state index in [0.29, 0.717) is 6.04 Å². The van der Waals surface area contributed by atoms with Gasteiger partial charge in [-0.2, -0.15) is 0 Å². The number of aryl methyl sites for hydroxylation is 1. The van der Waals surface area contributed by atoms with Gasteiger partial charge < -0.3 is 10.2 Å². The molecule has 0 spiro atoms. The Morgan fingerprint density at radius 1 is 1.67 bits per heavy atom. The molecule has 15 heavy (non-hydrogen) atoms. The van der Waals surface area contributed by atoms with Crippen molar-refractivity contribution in [2.45, 2.75) is 25.8 Å². The molecule has 1 fully saturated rings. The molecule has 3 nitrogen and oxygen atoms in total. The molecule has 0 aromatic carbocycles. The minimum Gasteiger partial charge on any atom is -0.314 e. The molecule has 1 aliphatic heterocycles.